The third-order valence-electron chi connectivity index (χ3n) is 15.3. The summed E-state index contributed by atoms with van der Waals surface area (Å²) in [6.07, 6.45) is 83.2. The summed E-state index contributed by atoms with van der Waals surface area (Å²) in [5.41, 5.74) is 0. The molecule has 450 valence electrons. The summed E-state index contributed by atoms with van der Waals surface area (Å²) in [6, 6.07) is 0. The summed E-state index contributed by atoms with van der Waals surface area (Å²) >= 11 is 0. The van der Waals surface area contributed by atoms with E-state index in [0.29, 0.717) is 19.3 Å². The highest BCUT2D eigenvalue weighted by atomic mass is 16.6. The maximum atomic E-state index is 12.9. The Morgan fingerprint density at radius 1 is 0.273 bits per heavy atom. The molecule has 0 radical (unpaired) electrons. The molecule has 0 aliphatic rings. The molecule has 0 N–H and O–H groups in total. The average molecular weight is 1080 g/mol. The van der Waals surface area contributed by atoms with Crippen molar-refractivity contribution in [2.45, 2.75) is 374 Å². The highest BCUT2D eigenvalue weighted by molar-refractivity contribution is 5.71. The fourth-order valence-electron chi connectivity index (χ4n) is 10.3. The zero-order valence-electron chi connectivity index (χ0n) is 51.7. The number of hydrogen-bond acceptors (Lipinski definition) is 6. The first-order valence-electron chi connectivity index (χ1n) is 34.1. The van der Waals surface area contributed by atoms with Gasteiger partial charge in [-0.25, -0.2) is 0 Å². The molecule has 0 saturated carbocycles. The minimum absolute atomic E-state index is 0.0690. The molecule has 0 aliphatic carbocycles. The normalized spacial score (nSPS) is 12.3. The van der Waals surface area contributed by atoms with Crippen LogP contribution in [0.1, 0.15) is 367 Å². The van der Waals surface area contributed by atoms with Crippen LogP contribution < -0.4 is 0 Å². The lowest BCUT2D eigenvalue weighted by atomic mass is 10.0. The lowest BCUT2D eigenvalue weighted by molar-refractivity contribution is -0.167. The SMILES string of the molecule is CC/C=C\C/C=C\C/C=C\C/C=C\CCCCCCCCCCCCCCC(=O)OC(COC(=O)CCCCCCCC)COC(=O)CCCCCCCCCCCCCCCCCCCCCCCCCCCCCC. The number of hydrogen-bond donors (Lipinski definition) is 0. The van der Waals surface area contributed by atoms with Gasteiger partial charge in [-0.15, -0.1) is 0 Å². The van der Waals surface area contributed by atoms with Crippen LogP contribution in [0.2, 0.25) is 0 Å². The maximum absolute atomic E-state index is 12.9. The Morgan fingerprint density at radius 3 is 0.792 bits per heavy atom. The molecule has 0 heterocycles. The average Bonchev–Trinajstić information content (AvgIpc) is 3.43. The van der Waals surface area contributed by atoms with Gasteiger partial charge in [0.2, 0.25) is 0 Å². The van der Waals surface area contributed by atoms with Gasteiger partial charge in [0, 0.05) is 19.3 Å². The first-order chi connectivity index (χ1) is 38.0. The van der Waals surface area contributed by atoms with Gasteiger partial charge in [-0.2, -0.15) is 0 Å². The van der Waals surface area contributed by atoms with Gasteiger partial charge in [0.1, 0.15) is 13.2 Å². The minimum atomic E-state index is -0.769. The van der Waals surface area contributed by atoms with Gasteiger partial charge in [0.25, 0.3) is 0 Å². The van der Waals surface area contributed by atoms with E-state index < -0.39 is 6.10 Å². The summed E-state index contributed by atoms with van der Waals surface area (Å²) < 4.78 is 16.8. The molecule has 0 aromatic rings. The largest absolute Gasteiger partial charge is 0.462 e. The van der Waals surface area contributed by atoms with Crippen LogP contribution in [0, 0.1) is 0 Å². The van der Waals surface area contributed by atoms with Crippen molar-refractivity contribution >= 4 is 17.9 Å². The van der Waals surface area contributed by atoms with Crippen molar-refractivity contribution in [3.63, 3.8) is 0 Å². The first-order valence-corrected chi connectivity index (χ1v) is 34.1. The first kappa shape index (κ1) is 74.4. The van der Waals surface area contributed by atoms with E-state index in [4.69, 9.17) is 14.2 Å². The van der Waals surface area contributed by atoms with Crippen LogP contribution >= 0.6 is 0 Å². The van der Waals surface area contributed by atoms with Gasteiger partial charge in [-0.3, -0.25) is 14.4 Å². The zero-order chi connectivity index (χ0) is 55.7. The molecule has 1 atom stereocenters. The fraction of sp³-hybridized carbons (Fsp3) is 0.845. The summed E-state index contributed by atoms with van der Waals surface area (Å²) in [6.45, 7) is 6.53. The fourth-order valence-corrected chi connectivity index (χ4v) is 10.3. The Kier molecular flexibility index (Phi) is 63.6. The molecule has 0 fully saturated rings. The van der Waals surface area contributed by atoms with E-state index >= 15 is 0 Å². The van der Waals surface area contributed by atoms with Crippen LogP contribution in [0.15, 0.2) is 48.6 Å². The van der Waals surface area contributed by atoms with Crippen molar-refractivity contribution in [3.05, 3.63) is 48.6 Å². The molecule has 77 heavy (non-hydrogen) atoms. The molecule has 0 aromatic heterocycles. The second-order valence-electron chi connectivity index (χ2n) is 23.1. The van der Waals surface area contributed by atoms with Gasteiger partial charge >= 0.3 is 17.9 Å². The number of ether oxygens (including phenoxy) is 3. The van der Waals surface area contributed by atoms with E-state index in [9.17, 15) is 14.4 Å². The van der Waals surface area contributed by atoms with E-state index in [1.54, 1.807) is 0 Å². The van der Waals surface area contributed by atoms with Crippen molar-refractivity contribution in [2.24, 2.45) is 0 Å². The Labute approximate surface area is 479 Å². The van der Waals surface area contributed by atoms with Crippen LogP contribution in [0.4, 0.5) is 0 Å². The van der Waals surface area contributed by atoms with Crippen molar-refractivity contribution in [1.82, 2.24) is 0 Å². The van der Waals surface area contributed by atoms with E-state index in [2.05, 4.69) is 69.4 Å². The molecule has 6 heteroatoms. The lowest BCUT2D eigenvalue weighted by Crippen LogP contribution is -2.30. The number of carbonyl (C=O) groups excluding carboxylic acids is 3. The van der Waals surface area contributed by atoms with E-state index in [1.165, 1.54) is 244 Å². The highest BCUT2D eigenvalue weighted by Gasteiger charge is 2.19. The number of allylic oxidation sites excluding steroid dienone is 8. The molecule has 0 aromatic carbocycles. The van der Waals surface area contributed by atoms with Gasteiger partial charge in [0.05, 0.1) is 0 Å². The minimum Gasteiger partial charge on any atom is -0.462 e. The predicted molar refractivity (Wildman–Crippen MR) is 335 cm³/mol. The molecule has 0 saturated heterocycles. The second kappa shape index (κ2) is 65.9. The summed E-state index contributed by atoms with van der Waals surface area (Å²) in [7, 11) is 0. The Balaban J connectivity index is 4.00. The predicted octanol–water partition coefficient (Wildman–Crippen LogP) is 23.3. The Hall–Kier alpha value is -2.63. The van der Waals surface area contributed by atoms with Crippen LogP contribution in [0.3, 0.4) is 0 Å². The van der Waals surface area contributed by atoms with Crippen molar-refractivity contribution in [3.8, 4) is 0 Å². The lowest BCUT2D eigenvalue weighted by Gasteiger charge is -2.18. The number of esters is 3. The molecule has 0 spiro atoms. The van der Waals surface area contributed by atoms with Crippen molar-refractivity contribution in [1.29, 1.82) is 0 Å². The van der Waals surface area contributed by atoms with E-state index in [0.717, 1.165) is 83.5 Å². The second-order valence-corrected chi connectivity index (χ2v) is 23.1. The number of unbranched alkanes of at least 4 members (excludes halogenated alkanes) is 44. The molecule has 0 bridgehead atoms. The Bertz CT molecular complexity index is 1330. The number of carbonyl (C=O) groups is 3. The quantitative estimate of drug-likeness (QED) is 0.0261. The topological polar surface area (TPSA) is 78.9 Å². The van der Waals surface area contributed by atoms with Gasteiger partial charge in [-0.1, -0.05) is 339 Å². The van der Waals surface area contributed by atoms with Crippen molar-refractivity contribution < 1.29 is 28.6 Å². The summed E-state index contributed by atoms with van der Waals surface area (Å²) in [4.78, 5) is 38.1. The molecular weight excluding hydrogens is 949 g/mol. The third kappa shape index (κ3) is 64.1. The molecule has 0 rings (SSSR count). The zero-order valence-corrected chi connectivity index (χ0v) is 51.7. The van der Waals surface area contributed by atoms with E-state index in [1.807, 2.05) is 0 Å². The molecular formula is C71H130O6. The van der Waals surface area contributed by atoms with Gasteiger partial charge in [0.15, 0.2) is 6.10 Å². The summed E-state index contributed by atoms with van der Waals surface area (Å²) in [5, 5.41) is 0. The molecule has 1 unspecified atom stereocenters. The van der Waals surface area contributed by atoms with Crippen LogP contribution in [-0.2, 0) is 28.6 Å². The highest BCUT2D eigenvalue weighted by Crippen LogP contribution is 2.18. The smallest absolute Gasteiger partial charge is 0.306 e. The monoisotopic (exact) mass is 1080 g/mol. The standard InChI is InChI=1S/C71H130O6/c1-4-7-10-13-16-18-20-22-24-26-28-30-32-34-35-36-38-39-41-43-45-47-49-51-53-55-58-61-64-70(73)76-67-68(66-75-69(72)63-60-57-15-12-9-6-3)77-71(74)65-62-59-56-54-52-50-48-46-44-42-40-37-33-31-29-27-25-23-21-19-17-14-11-8-5-2/h8,11,17,19,23,25,29,31,68H,4-7,9-10,12-16,18,20-22,24,26-28,30,32-67H2,1-3H3/b11-8-,19-17-,25-23-,31-29-. The van der Waals surface area contributed by atoms with E-state index in [-0.39, 0.29) is 31.1 Å². The van der Waals surface area contributed by atoms with Crippen LogP contribution in [-0.4, -0.2) is 37.2 Å². The van der Waals surface area contributed by atoms with Crippen molar-refractivity contribution in [2.75, 3.05) is 13.2 Å². The molecule has 6 nitrogen and oxygen atoms in total. The van der Waals surface area contributed by atoms with Crippen LogP contribution in [0.25, 0.3) is 0 Å². The molecule has 0 aliphatic heterocycles. The molecule has 0 amide bonds. The third-order valence-corrected chi connectivity index (χ3v) is 15.3. The maximum Gasteiger partial charge on any atom is 0.306 e. The summed E-state index contributed by atoms with van der Waals surface area (Å²) in [5.74, 6) is -0.859. The van der Waals surface area contributed by atoms with Gasteiger partial charge < -0.3 is 14.2 Å². The van der Waals surface area contributed by atoms with Gasteiger partial charge in [-0.05, 0) is 57.8 Å². The number of rotatable bonds is 63. The Morgan fingerprint density at radius 2 is 0.506 bits per heavy atom. The van der Waals surface area contributed by atoms with Crippen LogP contribution in [0.5, 0.6) is 0 Å².